The third kappa shape index (κ3) is 5.03. The molecule has 0 radical (unpaired) electrons. The van der Waals surface area contributed by atoms with Gasteiger partial charge in [-0.1, -0.05) is 26.2 Å². The number of benzene rings is 1. The van der Waals surface area contributed by atoms with Crippen molar-refractivity contribution in [2.45, 2.75) is 71.8 Å². The van der Waals surface area contributed by atoms with Crippen LogP contribution in [-0.4, -0.2) is 28.6 Å². The Morgan fingerprint density at radius 2 is 1.75 bits per heavy atom. The highest BCUT2D eigenvalue weighted by molar-refractivity contribution is 6.07. The number of fused-ring (bicyclic) bond motifs is 1. The molecule has 1 aliphatic carbocycles. The van der Waals surface area contributed by atoms with Gasteiger partial charge in [0.1, 0.15) is 17.1 Å². The molecule has 0 bridgehead atoms. The van der Waals surface area contributed by atoms with Gasteiger partial charge in [0, 0.05) is 37.5 Å². The van der Waals surface area contributed by atoms with E-state index in [1.54, 1.807) is 35.9 Å². The van der Waals surface area contributed by atoms with Crippen LogP contribution in [0, 0.1) is 0 Å². The van der Waals surface area contributed by atoms with Gasteiger partial charge in [0.05, 0.1) is 0 Å². The van der Waals surface area contributed by atoms with E-state index in [1.807, 2.05) is 0 Å². The molecule has 0 fully saturated rings. The minimum Gasteiger partial charge on any atom is -0.507 e. The molecule has 172 valence electrons. The van der Waals surface area contributed by atoms with Gasteiger partial charge in [-0.25, -0.2) is 0 Å². The fourth-order valence-electron chi connectivity index (χ4n) is 4.24. The molecule has 0 atom stereocenters. The molecular weight excluding hydrogens is 408 g/mol. The van der Waals surface area contributed by atoms with Gasteiger partial charge >= 0.3 is 5.97 Å². The van der Waals surface area contributed by atoms with Gasteiger partial charge in [-0.15, -0.1) is 0 Å². The van der Waals surface area contributed by atoms with Crippen LogP contribution in [0.15, 0.2) is 29.1 Å². The zero-order valence-electron chi connectivity index (χ0n) is 19.1. The van der Waals surface area contributed by atoms with Gasteiger partial charge in [0.15, 0.2) is 0 Å². The molecule has 0 aliphatic heterocycles. The van der Waals surface area contributed by atoms with E-state index in [-0.39, 0.29) is 11.3 Å². The first-order valence-electron chi connectivity index (χ1n) is 11.4. The monoisotopic (exact) mass is 440 g/mol. The number of nitrogens with zero attached hydrogens (tertiary/aromatic N) is 2. The smallest absolute Gasteiger partial charge is 0.308 e. The largest absolute Gasteiger partial charge is 0.507 e. The number of carbonyl (C=O) groups is 2. The van der Waals surface area contributed by atoms with Gasteiger partial charge in [-0.3, -0.25) is 14.4 Å². The molecule has 1 aromatic carbocycles. The summed E-state index contributed by atoms with van der Waals surface area (Å²) in [5, 5.41) is 11.1. The Morgan fingerprint density at radius 1 is 1.09 bits per heavy atom. The maximum absolute atomic E-state index is 13.4. The summed E-state index contributed by atoms with van der Waals surface area (Å²) in [4.78, 5) is 39.3. The Morgan fingerprint density at radius 3 is 2.38 bits per heavy atom. The van der Waals surface area contributed by atoms with E-state index in [2.05, 4.69) is 6.92 Å². The number of unbranched alkanes of at least 4 members (excludes halogenated alkanes) is 1. The molecule has 1 heterocycles. The van der Waals surface area contributed by atoms with Crippen LogP contribution < -0.4 is 15.2 Å². The summed E-state index contributed by atoms with van der Waals surface area (Å²) < 4.78 is 6.75. The van der Waals surface area contributed by atoms with E-state index in [1.165, 1.54) is 11.8 Å². The number of pyridine rings is 1. The molecule has 1 amide bonds. The van der Waals surface area contributed by atoms with Crippen LogP contribution in [0.1, 0.15) is 74.0 Å². The second-order valence-corrected chi connectivity index (χ2v) is 8.33. The highest BCUT2D eigenvalue weighted by Gasteiger charge is 2.28. The summed E-state index contributed by atoms with van der Waals surface area (Å²) in [5.74, 6) is -0.788. The van der Waals surface area contributed by atoms with Crippen LogP contribution >= 0.6 is 0 Å². The lowest BCUT2D eigenvalue weighted by atomic mass is 9.94. The zero-order valence-corrected chi connectivity index (χ0v) is 19.1. The average Bonchev–Trinajstić information content (AvgIpc) is 2.74. The number of hydrogen-bond acceptors (Lipinski definition) is 5. The van der Waals surface area contributed by atoms with Crippen molar-refractivity contribution in [2.75, 3.05) is 11.9 Å². The van der Waals surface area contributed by atoms with Crippen LogP contribution in [0.3, 0.4) is 0 Å². The Kier molecular flexibility index (Phi) is 7.72. The Hall–Kier alpha value is -3.09. The summed E-state index contributed by atoms with van der Waals surface area (Å²) >= 11 is 0. The minimum atomic E-state index is -0.553. The molecule has 2 aromatic rings. The fraction of sp³-hybridized carbons (Fsp3) is 0.480. The van der Waals surface area contributed by atoms with E-state index in [4.69, 9.17) is 4.74 Å². The predicted molar refractivity (Wildman–Crippen MR) is 124 cm³/mol. The number of anilines is 1. The lowest BCUT2D eigenvalue weighted by Gasteiger charge is -2.24. The Bertz CT molecular complexity index is 1040. The minimum absolute atomic E-state index is 0.173. The number of amides is 1. The normalized spacial score (nSPS) is 13.6. The molecule has 7 nitrogen and oxygen atoms in total. The van der Waals surface area contributed by atoms with E-state index in [0.717, 1.165) is 56.2 Å². The molecule has 0 spiro atoms. The first-order valence-corrected chi connectivity index (χ1v) is 11.4. The van der Waals surface area contributed by atoms with Gasteiger partial charge < -0.3 is 19.3 Å². The zero-order chi connectivity index (χ0) is 23.3. The third-order valence-electron chi connectivity index (χ3n) is 5.99. The molecule has 0 saturated carbocycles. The highest BCUT2D eigenvalue weighted by atomic mass is 16.5. The van der Waals surface area contributed by atoms with Crippen molar-refractivity contribution in [3.05, 3.63) is 51.4 Å². The van der Waals surface area contributed by atoms with Crippen LogP contribution in [0.25, 0.3) is 0 Å². The average molecular weight is 441 g/mol. The number of ether oxygens (including phenoxy) is 1. The summed E-state index contributed by atoms with van der Waals surface area (Å²) in [6.07, 6.45) is 7.24. The van der Waals surface area contributed by atoms with Crippen molar-refractivity contribution in [2.24, 2.45) is 0 Å². The quantitative estimate of drug-likeness (QED) is 0.537. The predicted octanol–water partition coefficient (Wildman–Crippen LogP) is 4.21. The maximum Gasteiger partial charge on any atom is 0.308 e. The van der Waals surface area contributed by atoms with E-state index in [9.17, 15) is 19.5 Å². The summed E-state index contributed by atoms with van der Waals surface area (Å²) in [6.45, 7) is 3.92. The van der Waals surface area contributed by atoms with Crippen LogP contribution in [0.5, 0.6) is 11.5 Å². The van der Waals surface area contributed by atoms with Crippen molar-refractivity contribution in [1.29, 1.82) is 0 Å². The molecule has 0 unspecified atom stereocenters. The second-order valence-electron chi connectivity index (χ2n) is 8.33. The molecule has 7 heteroatoms. The third-order valence-corrected chi connectivity index (χ3v) is 5.99. The highest BCUT2D eigenvalue weighted by Crippen LogP contribution is 2.31. The van der Waals surface area contributed by atoms with Crippen molar-refractivity contribution < 1.29 is 19.4 Å². The van der Waals surface area contributed by atoms with Crippen molar-refractivity contribution in [3.63, 3.8) is 0 Å². The lowest BCUT2D eigenvalue weighted by Crippen LogP contribution is -2.37. The van der Waals surface area contributed by atoms with E-state index < -0.39 is 17.4 Å². The van der Waals surface area contributed by atoms with Gasteiger partial charge in [-0.2, -0.15) is 0 Å². The standard InChI is InChI=1S/C25H32N2O5/c1-4-5-16-27-21-11-9-7-6-8-10-20(21)23(29)22(25(27)31)24(30)26(3)18-12-14-19(15-13-18)32-17(2)28/h12-15,29H,4-11,16H2,1-3H3. The summed E-state index contributed by atoms with van der Waals surface area (Å²) in [7, 11) is 1.56. The van der Waals surface area contributed by atoms with Crippen molar-refractivity contribution >= 4 is 17.6 Å². The molecule has 1 aliphatic rings. The lowest BCUT2D eigenvalue weighted by molar-refractivity contribution is -0.131. The number of carbonyl (C=O) groups excluding carboxylic acids is 2. The summed E-state index contributed by atoms with van der Waals surface area (Å²) in [6, 6.07) is 6.44. The Labute approximate surface area is 188 Å². The molecule has 3 rings (SSSR count). The van der Waals surface area contributed by atoms with Crippen molar-refractivity contribution in [3.8, 4) is 11.5 Å². The number of hydrogen-bond donors (Lipinski definition) is 1. The fourth-order valence-corrected chi connectivity index (χ4v) is 4.24. The first kappa shape index (κ1) is 23.6. The SMILES string of the molecule is CCCCn1c2c(c(O)c(C(=O)N(C)c3ccc(OC(C)=O)cc3)c1=O)CCCCCC2. The maximum atomic E-state index is 13.4. The number of aromatic nitrogens is 1. The van der Waals surface area contributed by atoms with E-state index in [0.29, 0.717) is 24.4 Å². The van der Waals surface area contributed by atoms with Crippen LogP contribution in [0.4, 0.5) is 5.69 Å². The second kappa shape index (κ2) is 10.5. The van der Waals surface area contributed by atoms with E-state index >= 15 is 0 Å². The first-order chi connectivity index (χ1) is 15.3. The van der Waals surface area contributed by atoms with Gasteiger partial charge in [0.2, 0.25) is 0 Å². The van der Waals surface area contributed by atoms with Crippen LogP contribution in [-0.2, 0) is 24.2 Å². The molecule has 32 heavy (non-hydrogen) atoms. The molecule has 1 N–H and O–H groups in total. The molecule has 1 aromatic heterocycles. The topological polar surface area (TPSA) is 88.8 Å². The summed E-state index contributed by atoms with van der Waals surface area (Å²) in [5.41, 5.74) is 1.54. The van der Waals surface area contributed by atoms with Crippen molar-refractivity contribution in [1.82, 2.24) is 4.57 Å². The molecular formula is C25H32N2O5. The van der Waals surface area contributed by atoms with Gasteiger partial charge in [0.25, 0.3) is 11.5 Å². The number of rotatable bonds is 6. The molecule has 0 saturated heterocycles. The van der Waals surface area contributed by atoms with Crippen LogP contribution in [0.2, 0.25) is 0 Å². The van der Waals surface area contributed by atoms with Gasteiger partial charge in [-0.05, 0) is 56.4 Å². The Balaban J connectivity index is 2.03. The number of aromatic hydroxyl groups is 1. The number of esters is 1.